The summed E-state index contributed by atoms with van der Waals surface area (Å²) < 4.78 is 116. The van der Waals surface area contributed by atoms with Gasteiger partial charge in [0.1, 0.15) is 45.7 Å². The SMILES string of the molecule is C.C.C.CC(C)(C)OC(=O)N1CCCC(Oc2ccc(OC(F)(F)F)cc2)(C(=O)O)C1.COc1ccccc1N1CCN(C(=O)C2(Oc3ccc(OC(F)(F)F)cc3)CCCN(C(=O)OC(C)(C)C)C2)CC1.COc1ccccc1N1CCNCC1. The summed E-state index contributed by atoms with van der Waals surface area (Å²) in [6.07, 6.45) is -9.60. The molecule has 0 aromatic heterocycles. The lowest BCUT2D eigenvalue weighted by molar-refractivity contribution is -0.275. The number of carbonyl (C=O) groups excluding carboxylic acids is 3. The van der Waals surface area contributed by atoms with Crippen LogP contribution in [-0.4, -0.2) is 172 Å². The second-order valence-electron chi connectivity index (χ2n) is 21.9. The Morgan fingerprint density at radius 2 is 0.849 bits per heavy atom. The zero-order valence-electron chi connectivity index (χ0n) is 47.9. The number of halogens is 6. The van der Waals surface area contributed by atoms with Crippen LogP contribution in [0.15, 0.2) is 97.1 Å². The number of carbonyl (C=O) groups is 4. The molecule has 0 saturated carbocycles. The Morgan fingerprint density at radius 1 is 0.488 bits per heavy atom. The number of methoxy groups -OCH3 is 2. The highest BCUT2D eigenvalue weighted by molar-refractivity contribution is 5.87. The number of aliphatic carboxylic acids is 1. The van der Waals surface area contributed by atoms with Gasteiger partial charge in [0.2, 0.25) is 11.2 Å². The maximum atomic E-state index is 14.2. The van der Waals surface area contributed by atoms with Gasteiger partial charge in [-0.1, -0.05) is 46.5 Å². The number of benzene rings is 4. The lowest BCUT2D eigenvalue weighted by atomic mass is 9.90. The first-order valence-corrected chi connectivity index (χ1v) is 27.0. The maximum absolute atomic E-state index is 14.2. The summed E-state index contributed by atoms with van der Waals surface area (Å²) in [5.41, 5.74) is -2.52. The Labute approximate surface area is 501 Å². The molecule has 8 rings (SSSR count). The smallest absolute Gasteiger partial charge is 0.495 e. The second-order valence-corrected chi connectivity index (χ2v) is 21.9. The minimum Gasteiger partial charge on any atom is -0.495 e. The molecule has 480 valence electrons. The molecule has 19 nitrogen and oxygen atoms in total. The van der Waals surface area contributed by atoms with Crippen LogP contribution in [0.2, 0.25) is 0 Å². The number of nitrogens with one attached hydrogen (secondary N) is 1. The van der Waals surface area contributed by atoms with Crippen molar-refractivity contribution in [3.63, 3.8) is 0 Å². The van der Waals surface area contributed by atoms with Crippen LogP contribution in [0.3, 0.4) is 0 Å². The monoisotopic (exact) mass is 1220 g/mol. The van der Waals surface area contributed by atoms with Gasteiger partial charge in [-0.25, -0.2) is 14.4 Å². The number of anilines is 2. The minimum absolute atomic E-state index is 0. The van der Waals surface area contributed by atoms with E-state index in [2.05, 4.69) is 36.7 Å². The van der Waals surface area contributed by atoms with E-state index >= 15 is 0 Å². The summed E-state index contributed by atoms with van der Waals surface area (Å²) in [7, 11) is 3.34. The zero-order chi connectivity index (χ0) is 60.8. The van der Waals surface area contributed by atoms with Crippen LogP contribution in [0.4, 0.5) is 47.3 Å². The van der Waals surface area contributed by atoms with Crippen LogP contribution in [0, 0.1) is 0 Å². The average Bonchev–Trinajstić information content (AvgIpc) is 1.04. The molecule has 2 N–H and O–H groups in total. The van der Waals surface area contributed by atoms with Crippen molar-refractivity contribution in [3.8, 4) is 34.5 Å². The van der Waals surface area contributed by atoms with E-state index in [1.165, 1.54) is 39.8 Å². The first-order chi connectivity index (χ1) is 39.0. The number of carboxylic acids is 1. The summed E-state index contributed by atoms with van der Waals surface area (Å²) >= 11 is 0. The molecule has 4 aromatic carbocycles. The third-order valence-corrected chi connectivity index (χ3v) is 13.3. The molecule has 86 heavy (non-hydrogen) atoms. The third kappa shape index (κ3) is 21.4. The lowest BCUT2D eigenvalue weighted by Gasteiger charge is -2.45. The highest BCUT2D eigenvalue weighted by Gasteiger charge is 2.50. The highest BCUT2D eigenvalue weighted by Crippen LogP contribution is 2.36. The number of amides is 3. The molecule has 0 radical (unpaired) electrons. The van der Waals surface area contributed by atoms with E-state index in [0.717, 1.165) is 67.6 Å². The van der Waals surface area contributed by atoms with Crippen LogP contribution in [0.25, 0.3) is 0 Å². The van der Waals surface area contributed by atoms with E-state index in [1.807, 2.05) is 36.4 Å². The molecule has 2 atom stereocenters. The zero-order valence-corrected chi connectivity index (χ0v) is 47.9. The highest BCUT2D eigenvalue weighted by atomic mass is 19.4. The molecule has 0 bridgehead atoms. The van der Waals surface area contributed by atoms with Crippen LogP contribution in [0.5, 0.6) is 34.5 Å². The van der Waals surface area contributed by atoms with Gasteiger partial charge >= 0.3 is 30.9 Å². The molecule has 4 saturated heterocycles. The lowest BCUT2D eigenvalue weighted by Crippen LogP contribution is -2.64. The summed E-state index contributed by atoms with van der Waals surface area (Å²) in [6.45, 7) is 16.9. The van der Waals surface area contributed by atoms with E-state index in [9.17, 15) is 50.6 Å². The van der Waals surface area contributed by atoms with Gasteiger partial charge in [0, 0.05) is 71.9 Å². The number of rotatable bonds is 12. The molecular weight excluding hydrogens is 1140 g/mol. The number of likely N-dealkylation sites (tertiary alicyclic amines) is 2. The molecule has 3 amide bonds. The third-order valence-electron chi connectivity index (χ3n) is 13.3. The fourth-order valence-corrected chi connectivity index (χ4v) is 9.61. The van der Waals surface area contributed by atoms with E-state index < -0.39 is 64.8 Å². The van der Waals surface area contributed by atoms with Gasteiger partial charge in [0.25, 0.3) is 5.91 Å². The molecule has 0 spiro atoms. The fourth-order valence-electron chi connectivity index (χ4n) is 9.61. The number of carboxylic acid groups (broad SMARTS) is 1. The maximum Gasteiger partial charge on any atom is 0.573 e. The van der Waals surface area contributed by atoms with Crippen LogP contribution >= 0.6 is 0 Å². The predicted molar refractivity (Wildman–Crippen MR) is 315 cm³/mol. The molecule has 4 aliphatic heterocycles. The Morgan fingerprint density at radius 3 is 1.23 bits per heavy atom. The number of nitrogens with zero attached hydrogens (tertiary/aromatic N) is 5. The molecular formula is C61H86F6N6O13. The standard InChI is InChI=1S/C29H36F3N3O6.C18H22F3NO6.C11H16N2O.3CH4/c1-27(2,3)41-26(37)35-15-7-14-28(20-35,39-21-10-12-22(13-11-21)40-29(30,31)32)25(36)34-18-16-33(17-19-34)23-8-5-6-9-24(23)38-4;1-16(2,3)28-15(25)22-10-4-9-17(11-22,14(23)24)26-12-5-7-13(8-6-12)27-18(19,20)21;1-14-11-5-3-2-4-10(11)13-8-6-12-7-9-13;;;/h5-6,8-13H,7,14-20H2,1-4H3;5-8H,4,9-11H2,1-3H3,(H,23,24);2-5,12H,6-9H2,1H3;3*1H4. The van der Waals surface area contributed by atoms with E-state index in [1.54, 1.807) is 60.7 Å². The van der Waals surface area contributed by atoms with Crippen LogP contribution < -0.4 is 43.5 Å². The quantitative estimate of drug-likeness (QED) is 0.127. The van der Waals surface area contributed by atoms with Crippen LogP contribution in [-0.2, 0) is 19.1 Å². The first kappa shape index (κ1) is 72.6. The number of piperazine rings is 2. The van der Waals surface area contributed by atoms with Crippen molar-refractivity contribution in [1.29, 1.82) is 0 Å². The van der Waals surface area contributed by atoms with Gasteiger partial charge < -0.3 is 72.8 Å². The molecule has 4 heterocycles. The number of piperidine rings is 2. The van der Waals surface area contributed by atoms with E-state index in [-0.39, 0.29) is 59.2 Å². The number of ether oxygens (including phenoxy) is 8. The van der Waals surface area contributed by atoms with Crippen LogP contribution in [0.1, 0.15) is 89.5 Å². The van der Waals surface area contributed by atoms with Gasteiger partial charge in [0.15, 0.2) is 0 Å². The number of hydrogen-bond donors (Lipinski definition) is 2. The summed E-state index contributed by atoms with van der Waals surface area (Å²) in [4.78, 5) is 60.3. The molecule has 4 aromatic rings. The Bertz CT molecular complexity index is 2770. The number of para-hydroxylation sites is 4. The summed E-state index contributed by atoms with van der Waals surface area (Å²) in [5.74, 6) is -0.494. The van der Waals surface area contributed by atoms with Crippen molar-refractivity contribution >= 4 is 35.4 Å². The molecule has 4 fully saturated rings. The average molecular weight is 1230 g/mol. The molecule has 0 aliphatic carbocycles. The molecule has 25 heteroatoms. The van der Waals surface area contributed by atoms with Gasteiger partial charge in [-0.05, 0) is 134 Å². The largest absolute Gasteiger partial charge is 0.573 e. The Hall–Kier alpha value is -7.70. The molecule has 4 aliphatic rings. The predicted octanol–water partition coefficient (Wildman–Crippen LogP) is 11.9. The van der Waals surface area contributed by atoms with Crippen molar-refractivity contribution in [2.75, 3.05) is 103 Å². The van der Waals surface area contributed by atoms with Crippen molar-refractivity contribution in [2.45, 2.75) is 125 Å². The van der Waals surface area contributed by atoms with Gasteiger partial charge in [-0.15, -0.1) is 26.3 Å². The minimum atomic E-state index is -4.83. The van der Waals surface area contributed by atoms with Gasteiger partial charge in [-0.3, -0.25) is 4.79 Å². The van der Waals surface area contributed by atoms with Crippen molar-refractivity contribution in [1.82, 2.24) is 20.0 Å². The fraction of sp³-hybridized carbons (Fsp3) is 0.541. The topological polar surface area (TPSA) is 191 Å². The van der Waals surface area contributed by atoms with Gasteiger partial charge in [-0.2, -0.15) is 0 Å². The van der Waals surface area contributed by atoms with E-state index in [0.29, 0.717) is 58.5 Å². The number of alkyl halides is 6. The molecule has 2 unspecified atom stereocenters. The summed E-state index contributed by atoms with van der Waals surface area (Å²) in [5, 5.41) is 13.1. The summed E-state index contributed by atoms with van der Waals surface area (Å²) in [6, 6.07) is 25.1. The normalized spacial score (nSPS) is 18.9. The van der Waals surface area contributed by atoms with Gasteiger partial charge in [0.05, 0.1) is 38.7 Å². The second kappa shape index (κ2) is 31.1. The Kier molecular flexibility index (Phi) is 26.2. The van der Waals surface area contributed by atoms with Crippen molar-refractivity contribution in [2.24, 2.45) is 0 Å². The first-order valence-electron chi connectivity index (χ1n) is 27.0. The van der Waals surface area contributed by atoms with Crippen molar-refractivity contribution < 1.29 is 88.5 Å². The number of hydrogen-bond acceptors (Lipinski definition) is 15. The van der Waals surface area contributed by atoms with E-state index in [4.69, 9.17) is 28.4 Å². The van der Waals surface area contributed by atoms with Crippen molar-refractivity contribution in [3.05, 3.63) is 97.1 Å². The Balaban J connectivity index is 0.000000371.